The largest absolute Gasteiger partial charge is 0.343 e. The van der Waals surface area contributed by atoms with Crippen molar-refractivity contribution in [1.82, 2.24) is 19.9 Å². The lowest BCUT2D eigenvalue weighted by Crippen LogP contribution is -2.23. The molecule has 1 heterocycles. The Morgan fingerprint density at radius 2 is 1.95 bits per heavy atom. The average Bonchev–Trinajstić information content (AvgIpc) is 3.18. The van der Waals surface area contributed by atoms with E-state index in [1.807, 2.05) is 0 Å². The van der Waals surface area contributed by atoms with Crippen molar-refractivity contribution < 1.29 is 9.18 Å². The van der Waals surface area contributed by atoms with E-state index in [0.29, 0.717) is 11.6 Å². The summed E-state index contributed by atoms with van der Waals surface area (Å²) in [7, 11) is 3.38. The summed E-state index contributed by atoms with van der Waals surface area (Å²) >= 11 is 0. The highest BCUT2D eigenvalue weighted by atomic mass is 19.1. The van der Waals surface area contributed by atoms with Crippen LogP contribution >= 0.6 is 0 Å². The standard InChI is InChI=1S/C14H15FN4O/c1-18(2)14(20)12-13(9-3-4-9)19(17-16-12)11-7-5-10(15)6-8-11/h5-9H,3-4H2,1-2H3. The molecule has 0 spiro atoms. The first-order valence-electron chi connectivity index (χ1n) is 6.51. The summed E-state index contributed by atoms with van der Waals surface area (Å²) in [5, 5.41) is 8.10. The van der Waals surface area contributed by atoms with Crippen molar-refractivity contribution in [3.63, 3.8) is 0 Å². The summed E-state index contributed by atoms with van der Waals surface area (Å²) in [6.45, 7) is 0. The van der Waals surface area contributed by atoms with Crippen LogP contribution in [0.1, 0.15) is 34.9 Å². The minimum atomic E-state index is -0.300. The maximum Gasteiger partial charge on any atom is 0.275 e. The van der Waals surface area contributed by atoms with E-state index in [4.69, 9.17) is 0 Å². The highest BCUT2D eigenvalue weighted by Gasteiger charge is 2.34. The zero-order valence-electron chi connectivity index (χ0n) is 11.4. The second-order valence-electron chi connectivity index (χ2n) is 5.19. The van der Waals surface area contributed by atoms with E-state index in [9.17, 15) is 9.18 Å². The van der Waals surface area contributed by atoms with E-state index in [1.54, 1.807) is 30.9 Å². The Morgan fingerprint density at radius 1 is 1.30 bits per heavy atom. The van der Waals surface area contributed by atoms with Gasteiger partial charge < -0.3 is 4.90 Å². The van der Waals surface area contributed by atoms with Crippen LogP contribution in [0, 0.1) is 5.82 Å². The third-order valence-corrected chi connectivity index (χ3v) is 3.35. The molecular formula is C14H15FN4O. The van der Waals surface area contributed by atoms with Gasteiger partial charge in [-0.2, -0.15) is 0 Å². The molecule has 0 bridgehead atoms. The van der Waals surface area contributed by atoms with Gasteiger partial charge in [0.05, 0.1) is 11.4 Å². The maximum absolute atomic E-state index is 13.0. The molecule has 0 saturated heterocycles. The number of halogens is 1. The molecule has 0 aliphatic heterocycles. The Labute approximate surface area is 116 Å². The number of benzene rings is 1. The van der Waals surface area contributed by atoms with Gasteiger partial charge in [-0.1, -0.05) is 5.21 Å². The van der Waals surface area contributed by atoms with Crippen LogP contribution in [0.3, 0.4) is 0 Å². The summed E-state index contributed by atoms with van der Waals surface area (Å²) in [5.41, 5.74) is 1.94. The van der Waals surface area contributed by atoms with Crippen LogP contribution in [0.25, 0.3) is 5.69 Å². The molecule has 6 heteroatoms. The molecule has 0 unspecified atom stereocenters. The van der Waals surface area contributed by atoms with Crippen LogP contribution in [0.2, 0.25) is 0 Å². The molecule has 3 rings (SSSR count). The summed E-state index contributed by atoms with van der Waals surface area (Å²) in [4.78, 5) is 13.6. The fourth-order valence-electron chi connectivity index (χ4n) is 2.15. The first kappa shape index (κ1) is 12.8. The van der Waals surface area contributed by atoms with Gasteiger partial charge in [0.25, 0.3) is 5.91 Å². The number of hydrogen-bond donors (Lipinski definition) is 0. The van der Waals surface area contributed by atoms with E-state index in [1.165, 1.54) is 17.0 Å². The predicted octanol–water partition coefficient (Wildman–Crippen LogP) is 1.99. The molecule has 1 fully saturated rings. The normalized spacial score (nSPS) is 14.3. The molecule has 104 valence electrons. The van der Waals surface area contributed by atoms with Gasteiger partial charge in [-0.15, -0.1) is 5.10 Å². The third kappa shape index (κ3) is 2.17. The molecule has 1 aliphatic carbocycles. The van der Waals surface area contributed by atoms with E-state index in [0.717, 1.165) is 24.2 Å². The van der Waals surface area contributed by atoms with Crippen LogP contribution in [0.5, 0.6) is 0 Å². The Morgan fingerprint density at radius 3 is 2.50 bits per heavy atom. The second-order valence-corrected chi connectivity index (χ2v) is 5.19. The van der Waals surface area contributed by atoms with Crippen molar-refractivity contribution in [3.8, 4) is 5.69 Å². The van der Waals surface area contributed by atoms with Crippen LogP contribution in [0.4, 0.5) is 4.39 Å². The third-order valence-electron chi connectivity index (χ3n) is 3.35. The average molecular weight is 274 g/mol. The monoisotopic (exact) mass is 274 g/mol. The number of rotatable bonds is 3. The molecule has 5 nitrogen and oxygen atoms in total. The minimum Gasteiger partial charge on any atom is -0.343 e. The molecular weight excluding hydrogens is 259 g/mol. The molecule has 1 aliphatic rings. The number of aromatic nitrogens is 3. The summed E-state index contributed by atoms with van der Waals surface area (Å²) < 4.78 is 14.7. The van der Waals surface area contributed by atoms with Gasteiger partial charge in [0, 0.05) is 20.0 Å². The van der Waals surface area contributed by atoms with Gasteiger partial charge in [-0.05, 0) is 37.1 Å². The zero-order valence-corrected chi connectivity index (χ0v) is 11.4. The van der Waals surface area contributed by atoms with Gasteiger partial charge in [-0.3, -0.25) is 4.79 Å². The Balaban J connectivity index is 2.08. The second kappa shape index (κ2) is 4.70. The topological polar surface area (TPSA) is 51.0 Å². The summed E-state index contributed by atoms with van der Waals surface area (Å²) in [6.07, 6.45) is 2.06. The lowest BCUT2D eigenvalue weighted by Gasteiger charge is -2.10. The zero-order chi connectivity index (χ0) is 14.3. The number of carbonyl (C=O) groups is 1. The van der Waals surface area contributed by atoms with Gasteiger partial charge in [0.1, 0.15) is 5.82 Å². The Bertz CT molecular complexity index is 644. The predicted molar refractivity (Wildman–Crippen MR) is 71.3 cm³/mol. The smallest absolute Gasteiger partial charge is 0.275 e. The molecule has 1 aromatic carbocycles. The molecule has 1 saturated carbocycles. The van der Waals surface area contributed by atoms with Gasteiger partial charge >= 0.3 is 0 Å². The van der Waals surface area contributed by atoms with Gasteiger partial charge in [-0.25, -0.2) is 9.07 Å². The van der Waals surface area contributed by atoms with E-state index in [2.05, 4.69) is 10.3 Å². The van der Waals surface area contributed by atoms with E-state index >= 15 is 0 Å². The van der Waals surface area contributed by atoms with Crippen molar-refractivity contribution >= 4 is 5.91 Å². The van der Waals surface area contributed by atoms with Crippen molar-refractivity contribution in [2.75, 3.05) is 14.1 Å². The minimum absolute atomic E-state index is 0.153. The van der Waals surface area contributed by atoms with Crippen molar-refractivity contribution in [2.24, 2.45) is 0 Å². The maximum atomic E-state index is 13.0. The molecule has 0 N–H and O–H groups in total. The summed E-state index contributed by atoms with van der Waals surface area (Å²) in [5.74, 6) is -0.138. The number of nitrogens with zero attached hydrogens (tertiary/aromatic N) is 4. The molecule has 0 atom stereocenters. The lowest BCUT2D eigenvalue weighted by molar-refractivity contribution is 0.0820. The van der Waals surface area contributed by atoms with Crippen LogP contribution in [-0.4, -0.2) is 39.9 Å². The van der Waals surface area contributed by atoms with Crippen molar-refractivity contribution in [1.29, 1.82) is 0 Å². The number of carbonyl (C=O) groups excluding carboxylic acids is 1. The van der Waals surface area contributed by atoms with E-state index < -0.39 is 0 Å². The first-order valence-corrected chi connectivity index (χ1v) is 6.51. The molecule has 0 radical (unpaired) electrons. The fourth-order valence-corrected chi connectivity index (χ4v) is 2.15. The van der Waals surface area contributed by atoms with Gasteiger partial charge in [0.15, 0.2) is 5.69 Å². The molecule has 1 amide bonds. The molecule has 20 heavy (non-hydrogen) atoms. The lowest BCUT2D eigenvalue weighted by atomic mass is 10.2. The van der Waals surface area contributed by atoms with Crippen LogP contribution in [0.15, 0.2) is 24.3 Å². The number of amides is 1. The van der Waals surface area contributed by atoms with E-state index in [-0.39, 0.29) is 11.7 Å². The molecule has 1 aromatic heterocycles. The van der Waals surface area contributed by atoms with Crippen molar-refractivity contribution in [3.05, 3.63) is 41.5 Å². The quantitative estimate of drug-likeness (QED) is 0.860. The van der Waals surface area contributed by atoms with Crippen molar-refractivity contribution in [2.45, 2.75) is 18.8 Å². The van der Waals surface area contributed by atoms with Crippen LogP contribution in [-0.2, 0) is 0 Å². The highest BCUT2D eigenvalue weighted by molar-refractivity contribution is 5.93. The Hall–Kier alpha value is -2.24. The highest BCUT2D eigenvalue weighted by Crippen LogP contribution is 2.42. The summed E-state index contributed by atoms with van der Waals surface area (Å²) in [6, 6.07) is 6.03. The Kier molecular flexibility index (Phi) is 3.00. The van der Waals surface area contributed by atoms with Gasteiger partial charge in [0.2, 0.25) is 0 Å². The fraction of sp³-hybridized carbons (Fsp3) is 0.357. The van der Waals surface area contributed by atoms with Crippen LogP contribution < -0.4 is 0 Å². The number of hydrogen-bond acceptors (Lipinski definition) is 3. The molecule has 2 aromatic rings. The first-order chi connectivity index (χ1) is 9.58. The SMILES string of the molecule is CN(C)C(=O)c1nnn(-c2ccc(F)cc2)c1C1CC1.